The van der Waals surface area contributed by atoms with E-state index in [9.17, 15) is 4.79 Å². The number of nitrogens with zero attached hydrogens (tertiary/aromatic N) is 3. The first-order valence-corrected chi connectivity index (χ1v) is 9.47. The summed E-state index contributed by atoms with van der Waals surface area (Å²) in [5.74, 6) is 2.37. The standard InChI is InChI=1S/C19H23N3OS/c1-13-12-20-14(2)18(21-13)15-5-4-6-16(11-15)19(23)22(3)17-7-9-24-10-8-17/h4-6,11-12,17H,7-10H2,1-3H3. The molecule has 1 aromatic carbocycles. The lowest BCUT2D eigenvalue weighted by atomic mass is 10.0. The third-order valence-electron chi connectivity index (χ3n) is 4.52. The Hall–Kier alpha value is -1.88. The van der Waals surface area contributed by atoms with Crippen LogP contribution in [0.5, 0.6) is 0 Å². The van der Waals surface area contributed by atoms with Gasteiger partial charge in [0.1, 0.15) is 0 Å². The summed E-state index contributed by atoms with van der Waals surface area (Å²) in [6, 6.07) is 8.09. The third kappa shape index (κ3) is 3.61. The van der Waals surface area contributed by atoms with Gasteiger partial charge in [-0.05, 0) is 50.3 Å². The number of hydrogen-bond donors (Lipinski definition) is 0. The first-order valence-electron chi connectivity index (χ1n) is 8.32. The second kappa shape index (κ2) is 7.34. The van der Waals surface area contributed by atoms with E-state index in [1.165, 1.54) is 0 Å². The number of aryl methyl sites for hydroxylation is 2. The molecule has 0 N–H and O–H groups in total. The van der Waals surface area contributed by atoms with Crippen LogP contribution >= 0.6 is 11.8 Å². The highest BCUT2D eigenvalue weighted by atomic mass is 32.2. The van der Waals surface area contributed by atoms with E-state index in [4.69, 9.17) is 0 Å². The quantitative estimate of drug-likeness (QED) is 0.853. The average Bonchev–Trinajstić information content (AvgIpc) is 2.63. The van der Waals surface area contributed by atoms with Crippen LogP contribution in [0.2, 0.25) is 0 Å². The molecule has 5 heteroatoms. The zero-order valence-electron chi connectivity index (χ0n) is 14.5. The maximum atomic E-state index is 12.9. The molecular weight excluding hydrogens is 318 g/mol. The summed E-state index contributed by atoms with van der Waals surface area (Å²) in [6.45, 7) is 3.88. The van der Waals surface area contributed by atoms with Crippen molar-refractivity contribution in [1.29, 1.82) is 0 Å². The van der Waals surface area contributed by atoms with Crippen LogP contribution in [0.3, 0.4) is 0 Å². The van der Waals surface area contributed by atoms with E-state index < -0.39 is 0 Å². The number of aromatic nitrogens is 2. The molecule has 1 aliphatic rings. The summed E-state index contributed by atoms with van der Waals surface area (Å²) in [5, 5.41) is 0. The molecule has 0 saturated carbocycles. The highest BCUT2D eigenvalue weighted by Crippen LogP contribution is 2.24. The Bertz CT molecular complexity index is 741. The van der Waals surface area contributed by atoms with Crippen molar-refractivity contribution in [2.75, 3.05) is 18.6 Å². The number of thioether (sulfide) groups is 1. The average molecular weight is 341 g/mol. The molecule has 24 heavy (non-hydrogen) atoms. The minimum Gasteiger partial charge on any atom is -0.339 e. The Morgan fingerprint density at radius 3 is 2.75 bits per heavy atom. The lowest BCUT2D eigenvalue weighted by Gasteiger charge is -2.31. The molecular formula is C19H23N3OS. The van der Waals surface area contributed by atoms with Gasteiger partial charge in [0.25, 0.3) is 5.91 Å². The van der Waals surface area contributed by atoms with E-state index in [1.807, 2.05) is 61.8 Å². The molecule has 1 aromatic heterocycles. The molecule has 3 rings (SSSR count). The molecule has 0 spiro atoms. The monoisotopic (exact) mass is 341 g/mol. The van der Waals surface area contributed by atoms with Crippen LogP contribution in [0.4, 0.5) is 0 Å². The van der Waals surface area contributed by atoms with Crippen LogP contribution in [-0.4, -0.2) is 45.4 Å². The lowest BCUT2D eigenvalue weighted by molar-refractivity contribution is 0.0723. The van der Waals surface area contributed by atoms with Crippen LogP contribution in [-0.2, 0) is 0 Å². The van der Waals surface area contributed by atoms with Gasteiger partial charge in [-0.3, -0.25) is 9.78 Å². The lowest BCUT2D eigenvalue weighted by Crippen LogP contribution is -2.39. The van der Waals surface area contributed by atoms with Crippen LogP contribution in [0.25, 0.3) is 11.3 Å². The molecule has 0 unspecified atom stereocenters. The van der Waals surface area contributed by atoms with Gasteiger partial charge in [0, 0.05) is 30.4 Å². The zero-order chi connectivity index (χ0) is 17.1. The van der Waals surface area contributed by atoms with Crippen molar-refractivity contribution in [3.8, 4) is 11.3 Å². The summed E-state index contributed by atoms with van der Waals surface area (Å²) < 4.78 is 0. The number of benzene rings is 1. The fraction of sp³-hybridized carbons (Fsp3) is 0.421. The van der Waals surface area contributed by atoms with Gasteiger partial charge in [-0.2, -0.15) is 11.8 Å². The van der Waals surface area contributed by atoms with Gasteiger partial charge in [0.05, 0.1) is 17.1 Å². The van der Waals surface area contributed by atoms with Crippen LogP contribution in [0.1, 0.15) is 34.6 Å². The maximum absolute atomic E-state index is 12.9. The molecule has 0 atom stereocenters. The van der Waals surface area contributed by atoms with Gasteiger partial charge in [-0.15, -0.1) is 0 Å². The highest BCUT2D eigenvalue weighted by molar-refractivity contribution is 7.99. The Labute approximate surface area is 147 Å². The summed E-state index contributed by atoms with van der Waals surface area (Å²) in [6.07, 6.45) is 3.92. The Morgan fingerprint density at radius 2 is 2.00 bits per heavy atom. The Morgan fingerprint density at radius 1 is 1.25 bits per heavy atom. The summed E-state index contributed by atoms with van der Waals surface area (Å²) >= 11 is 1.97. The van der Waals surface area contributed by atoms with E-state index in [2.05, 4.69) is 9.97 Å². The minimum atomic E-state index is 0.0898. The fourth-order valence-corrected chi connectivity index (χ4v) is 4.13. The molecule has 0 bridgehead atoms. The zero-order valence-corrected chi connectivity index (χ0v) is 15.3. The Balaban J connectivity index is 1.87. The molecule has 1 amide bonds. The smallest absolute Gasteiger partial charge is 0.253 e. The number of hydrogen-bond acceptors (Lipinski definition) is 4. The molecule has 0 aliphatic carbocycles. The van der Waals surface area contributed by atoms with Crippen LogP contribution in [0, 0.1) is 13.8 Å². The molecule has 1 fully saturated rings. The van der Waals surface area contributed by atoms with Crippen molar-refractivity contribution in [3.05, 3.63) is 47.4 Å². The van der Waals surface area contributed by atoms with Gasteiger partial charge in [-0.1, -0.05) is 12.1 Å². The maximum Gasteiger partial charge on any atom is 0.253 e. The molecule has 2 heterocycles. The summed E-state index contributed by atoms with van der Waals surface area (Å²) in [7, 11) is 1.92. The first-order chi connectivity index (χ1) is 11.6. The largest absolute Gasteiger partial charge is 0.339 e. The summed E-state index contributed by atoms with van der Waals surface area (Å²) in [5.41, 5.74) is 4.27. The van der Waals surface area contributed by atoms with Gasteiger partial charge in [-0.25, -0.2) is 4.98 Å². The van der Waals surface area contributed by atoms with Crippen molar-refractivity contribution in [2.24, 2.45) is 0 Å². The van der Waals surface area contributed by atoms with E-state index in [0.29, 0.717) is 6.04 Å². The van der Waals surface area contributed by atoms with Gasteiger partial charge >= 0.3 is 0 Å². The second-order valence-corrected chi connectivity index (χ2v) is 7.51. The van der Waals surface area contributed by atoms with Crippen molar-refractivity contribution >= 4 is 17.7 Å². The minimum absolute atomic E-state index is 0.0898. The number of carbonyl (C=O) groups excluding carboxylic acids is 1. The third-order valence-corrected chi connectivity index (χ3v) is 5.57. The molecule has 1 aliphatic heterocycles. The van der Waals surface area contributed by atoms with Crippen molar-refractivity contribution in [1.82, 2.24) is 14.9 Å². The predicted molar refractivity (Wildman–Crippen MR) is 99.4 cm³/mol. The SMILES string of the molecule is Cc1cnc(C)c(-c2cccc(C(=O)N(C)C3CCSCC3)c2)n1. The highest BCUT2D eigenvalue weighted by Gasteiger charge is 2.23. The van der Waals surface area contributed by atoms with Gasteiger partial charge in [0.2, 0.25) is 0 Å². The molecule has 1 saturated heterocycles. The van der Waals surface area contributed by atoms with Crippen molar-refractivity contribution in [3.63, 3.8) is 0 Å². The van der Waals surface area contributed by atoms with Gasteiger partial charge < -0.3 is 4.90 Å². The second-order valence-electron chi connectivity index (χ2n) is 6.29. The van der Waals surface area contributed by atoms with Crippen molar-refractivity contribution in [2.45, 2.75) is 32.7 Å². The normalized spacial score (nSPS) is 15.3. The van der Waals surface area contributed by atoms with Crippen molar-refractivity contribution < 1.29 is 4.79 Å². The van der Waals surface area contributed by atoms with Gasteiger partial charge in [0.15, 0.2) is 0 Å². The molecule has 126 valence electrons. The predicted octanol–water partition coefficient (Wildman–Crippen LogP) is 3.73. The van der Waals surface area contributed by atoms with E-state index in [-0.39, 0.29) is 5.91 Å². The fourth-order valence-electron chi connectivity index (χ4n) is 3.05. The van der Waals surface area contributed by atoms with Crippen LogP contribution in [0.15, 0.2) is 30.5 Å². The van der Waals surface area contributed by atoms with E-state index in [0.717, 1.165) is 52.6 Å². The number of amides is 1. The number of carbonyl (C=O) groups is 1. The summed E-state index contributed by atoms with van der Waals surface area (Å²) in [4.78, 5) is 23.7. The number of rotatable bonds is 3. The first kappa shape index (κ1) is 17.0. The van der Waals surface area contributed by atoms with E-state index in [1.54, 1.807) is 6.20 Å². The molecule has 4 nitrogen and oxygen atoms in total. The Kier molecular flexibility index (Phi) is 5.19. The molecule has 2 aromatic rings. The van der Waals surface area contributed by atoms with E-state index >= 15 is 0 Å². The van der Waals surface area contributed by atoms with Crippen LogP contribution < -0.4 is 0 Å². The topological polar surface area (TPSA) is 46.1 Å². The molecule has 0 radical (unpaired) electrons.